The number of benzene rings is 1. The Labute approximate surface area is 74.8 Å². The van der Waals surface area contributed by atoms with Crippen molar-refractivity contribution in [2.45, 2.75) is 6.54 Å². The minimum Gasteiger partial charge on any atom is -0.508 e. The number of amides is 2. The molecule has 70 valence electrons. The van der Waals surface area contributed by atoms with Gasteiger partial charge in [0.05, 0.1) is 0 Å². The van der Waals surface area contributed by atoms with E-state index >= 15 is 0 Å². The second-order valence-corrected chi connectivity index (χ2v) is 2.53. The van der Waals surface area contributed by atoms with Crippen molar-refractivity contribution >= 4 is 6.03 Å². The molecule has 0 unspecified atom stereocenters. The maximum Gasteiger partial charge on any atom is 0.312 e. The summed E-state index contributed by atoms with van der Waals surface area (Å²) >= 11 is 0. The third-order valence-corrected chi connectivity index (χ3v) is 1.52. The van der Waals surface area contributed by atoms with Crippen molar-refractivity contribution in [2.24, 2.45) is 5.73 Å². The zero-order valence-corrected chi connectivity index (χ0v) is 6.82. The number of urea groups is 1. The molecule has 0 saturated heterocycles. The van der Waals surface area contributed by atoms with Gasteiger partial charge in [-0.3, -0.25) is 0 Å². The van der Waals surface area contributed by atoms with Gasteiger partial charge in [0.25, 0.3) is 0 Å². The first kappa shape index (κ1) is 9.18. The fourth-order valence-electron chi connectivity index (χ4n) is 0.884. The molecule has 5 nitrogen and oxygen atoms in total. The Morgan fingerprint density at radius 3 is 2.69 bits per heavy atom. The van der Waals surface area contributed by atoms with E-state index in [0.29, 0.717) is 5.56 Å². The molecule has 2 amide bonds. The van der Waals surface area contributed by atoms with E-state index < -0.39 is 6.03 Å². The first-order valence-corrected chi connectivity index (χ1v) is 3.64. The van der Waals surface area contributed by atoms with E-state index in [2.05, 4.69) is 5.32 Å². The van der Waals surface area contributed by atoms with Gasteiger partial charge in [0, 0.05) is 18.2 Å². The van der Waals surface area contributed by atoms with Gasteiger partial charge < -0.3 is 21.3 Å². The van der Waals surface area contributed by atoms with Gasteiger partial charge in [0.2, 0.25) is 0 Å². The second kappa shape index (κ2) is 3.66. The molecule has 0 aliphatic carbocycles. The predicted octanol–water partition coefficient (Wildman–Crippen LogP) is 0.266. The minimum atomic E-state index is -0.660. The van der Waals surface area contributed by atoms with Gasteiger partial charge in [-0.15, -0.1) is 0 Å². The van der Waals surface area contributed by atoms with Crippen molar-refractivity contribution in [3.63, 3.8) is 0 Å². The van der Waals surface area contributed by atoms with E-state index in [0.717, 1.165) is 0 Å². The smallest absolute Gasteiger partial charge is 0.312 e. The average molecular weight is 182 g/mol. The third kappa shape index (κ3) is 2.55. The van der Waals surface area contributed by atoms with Gasteiger partial charge >= 0.3 is 6.03 Å². The molecule has 1 aromatic carbocycles. The first-order chi connectivity index (χ1) is 6.09. The van der Waals surface area contributed by atoms with Crippen LogP contribution in [0.2, 0.25) is 0 Å². The molecule has 0 aliphatic rings. The number of phenolic OH excluding ortho intramolecular Hbond substituents is 2. The molecule has 0 aliphatic heterocycles. The molecule has 5 heteroatoms. The largest absolute Gasteiger partial charge is 0.508 e. The van der Waals surface area contributed by atoms with Crippen molar-refractivity contribution < 1.29 is 15.0 Å². The number of nitrogens with one attached hydrogen (secondary N) is 1. The highest BCUT2D eigenvalue weighted by Crippen LogP contribution is 2.21. The number of carbonyl (C=O) groups excluding carboxylic acids is 1. The fraction of sp³-hybridized carbons (Fsp3) is 0.125. The Balaban J connectivity index is 2.72. The van der Waals surface area contributed by atoms with Crippen molar-refractivity contribution in [1.29, 1.82) is 0 Å². The topological polar surface area (TPSA) is 95.6 Å². The Morgan fingerprint density at radius 2 is 2.15 bits per heavy atom. The summed E-state index contributed by atoms with van der Waals surface area (Å²) in [7, 11) is 0. The number of carbonyl (C=O) groups is 1. The fourth-order valence-corrected chi connectivity index (χ4v) is 0.884. The van der Waals surface area contributed by atoms with Crippen LogP contribution in [-0.4, -0.2) is 16.2 Å². The van der Waals surface area contributed by atoms with Crippen LogP contribution >= 0.6 is 0 Å². The molecular formula is C8H10N2O3. The summed E-state index contributed by atoms with van der Waals surface area (Å²) in [6.45, 7) is 0.140. The van der Waals surface area contributed by atoms with Crippen LogP contribution in [0.15, 0.2) is 18.2 Å². The molecule has 0 atom stereocenters. The molecular weight excluding hydrogens is 172 g/mol. The lowest BCUT2D eigenvalue weighted by Gasteiger charge is -2.04. The monoisotopic (exact) mass is 182 g/mol. The van der Waals surface area contributed by atoms with Crippen molar-refractivity contribution in [1.82, 2.24) is 5.32 Å². The van der Waals surface area contributed by atoms with Crippen LogP contribution in [0.5, 0.6) is 11.5 Å². The number of hydrogen-bond acceptors (Lipinski definition) is 3. The summed E-state index contributed by atoms with van der Waals surface area (Å²) < 4.78 is 0. The predicted molar refractivity (Wildman–Crippen MR) is 46.2 cm³/mol. The van der Waals surface area contributed by atoms with Crippen LogP contribution in [0, 0.1) is 0 Å². The van der Waals surface area contributed by atoms with Gasteiger partial charge in [-0.05, 0) is 12.1 Å². The summed E-state index contributed by atoms with van der Waals surface area (Å²) in [5.74, 6) is -0.103. The van der Waals surface area contributed by atoms with Gasteiger partial charge in [-0.1, -0.05) is 0 Å². The van der Waals surface area contributed by atoms with Crippen molar-refractivity contribution in [3.05, 3.63) is 23.8 Å². The number of aromatic hydroxyl groups is 2. The third-order valence-electron chi connectivity index (χ3n) is 1.52. The molecule has 0 aromatic heterocycles. The van der Waals surface area contributed by atoms with Crippen molar-refractivity contribution in [3.8, 4) is 11.5 Å². The summed E-state index contributed by atoms with van der Waals surface area (Å²) in [4.78, 5) is 10.3. The molecule has 0 bridgehead atoms. The van der Waals surface area contributed by atoms with Crippen molar-refractivity contribution in [2.75, 3.05) is 0 Å². The molecule has 1 rings (SSSR count). The summed E-state index contributed by atoms with van der Waals surface area (Å²) in [5, 5.41) is 20.5. The molecule has 0 saturated carbocycles. The number of nitrogens with two attached hydrogens (primary N) is 1. The molecule has 13 heavy (non-hydrogen) atoms. The maximum absolute atomic E-state index is 10.3. The molecule has 0 heterocycles. The van der Waals surface area contributed by atoms with E-state index in [-0.39, 0.29) is 18.0 Å². The molecule has 1 aromatic rings. The summed E-state index contributed by atoms with van der Waals surface area (Å²) in [6, 6.07) is 3.45. The molecule has 5 N–H and O–H groups in total. The van der Waals surface area contributed by atoms with Crippen LogP contribution in [-0.2, 0) is 6.54 Å². The van der Waals surface area contributed by atoms with Gasteiger partial charge in [-0.2, -0.15) is 0 Å². The summed E-state index contributed by atoms with van der Waals surface area (Å²) in [5.41, 5.74) is 5.34. The van der Waals surface area contributed by atoms with Crippen LogP contribution in [0.1, 0.15) is 5.56 Å². The number of phenols is 2. The van der Waals surface area contributed by atoms with Gasteiger partial charge in [0.15, 0.2) is 0 Å². The lowest BCUT2D eigenvalue weighted by Crippen LogP contribution is -2.28. The zero-order valence-electron chi connectivity index (χ0n) is 6.82. The lowest BCUT2D eigenvalue weighted by atomic mass is 10.2. The van der Waals surface area contributed by atoms with E-state index in [1.807, 2.05) is 0 Å². The highest BCUT2D eigenvalue weighted by Gasteiger charge is 2.02. The van der Waals surface area contributed by atoms with Gasteiger partial charge in [0.1, 0.15) is 11.5 Å². The van der Waals surface area contributed by atoms with E-state index in [1.54, 1.807) is 0 Å². The van der Waals surface area contributed by atoms with Crippen LogP contribution in [0.4, 0.5) is 4.79 Å². The Hall–Kier alpha value is -1.91. The average Bonchev–Trinajstić information content (AvgIpc) is 2.02. The second-order valence-electron chi connectivity index (χ2n) is 2.53. The highest BCUT2D eigenvalue weighted by molar-refractivity contribution is 5.71. The SMILES string of the molecule is NC(=O)NCc1ccc(O)cc1O. The number of rotatable bonds is 2. The van der Waals surface area contributed by atoms with Crippen LogP contribution in [0.25, 0.3) is 0 Å². The van der Waals surface area contributed by atoms with E-state index in [1.165, 1.54) is 18.2 Å². The quantitative estimate of drug-likeness (QED) is 0.528. The molecule has 0 fully saturated rings. The van der Waals surface area contributed by atoms with E-state index in [9.17, 15) is 9.90 Å². The normalized spacial score (nSPS) is 9.54. The molecule has 0 spiro atoms. The Morgan fingerprint density at radius 1 is 1.46 bits per heavy atom. The highest BCUT2D eigenvalue weighted by atomic mass is 16.3. The number of primary amides is 1. The summed E-state index contributed by atoms with van der Waals surface area (Å²) in [6.07, 6.45) is 0. The van der Waals surface area contributed by atoms with Gasteiger partial charge in [-0.25, -0.2) is 4.79 Å². The van der Waals surface area contributed by atoms with Crippen LogP contribution < -0.4 is 11.1 Å². The standard InChI is InChI=1S/C8H10N2O3/c9-8(13)10-4-5-1-2-6(11)3-7(5)12/h1-3,11-12H,4H2,(H3,9,10,13). The first-order valence-electron chi connectivity index (χ1n) is 3.64. The molecule has 0 radical (unpaired) electrons. The maximum atomic E-state index is 10.3. The van der Waals surface area contributed by atoms with E-state index in [4.69, 9.17) is 10.8 Å². The Bertz CT molecular complexity index is 325. The lowest BCUT2D eigenvalue weighted by molar-refractivity contribution is 0.248. The van der Waals surface area contributed by atoms with Crippen LogP contribution in [0.3, 0.4) is 0 Å². The zero-order chi connectivity index (χ0) is 9.84. The Kier molecular flexibility index (Phi) is 2.59. The number of hydrogen-bond donors (Lipinski definition) is 4. The minimum absolute atomic E-state index is 0.0275.